The Morgan fingerprint density at radius 2 is 2.00 bits per heavy atom. The average Bonchev–Trinajstić information content (AvgIpc) is 3.40. The highest BCUT2D eigenvalue weighted by atomic mass is 16.2. The minimum atomic E-state index is 0.131. The van der Waals surface area contributed by atoms with Gasteiger partial charge in [-0.25, -0.2) is 0 Å². The lowest BCUT2D eigenvalue weighted by Gasteiger charge is -2.32. The Balaban J connectivity index is 1.41. The molecule has 0 saturated carbocycles. The normalized spacial score (nSPS) is 21.1. The lowest BCUT2D eigenvalue weighted by Crippen LogP contribution is -2.41. The summed E-state index contributed by atoms with van der Waals surface area (Å²) in [7, 11) is 2.06. The molecule has 146 valence electrons. The zero-order chi connectivity index (χ0) is 18.8. The number of nitrogens with zero attached hydrogens (tertiary/aromatic N) is 7. The van der Waals surface area contributed by atoms with Crippen LogP contribution in [0.15, 0.2) is 12.3 Å². The summed E-state index contributed by atoms with van der Waals surface area (Å²) < 4.78 is 3.91. The molecule has 0 spiro atoms. The maximum absolute atomic E-state index is 12.7. The summed E-state index contributed by atoms with van der Waals surface area (Å²) in [4.78, 5) is 17.1. The summed E-state index contributed by atoms with van der Waals surface area (Å²) >= 11 is 0. The Labute approximate surface area is 160 Å². The highest BCUT2D eigenvalue weighted by Crippen LogP contribution is 2.26. The largest absolute Gasteiger partial charge is 0.340 e. The van der Waals surface area contributed by atoms with E-state index in [1.807, 2.05) is 17.9 Å². The number of aryl methyl sites for hydroxylation is 1. The molecule has 0 aliphatic carbocycles. The van der Waals surface area contributed by atoms with Crippen LogP contribution in [0.4, 0.5) is 0 Å². The summed E-state index contributed by atoms with van der Waals surface area (Å²) in [5.41, 5.74) is 1.01. The minimum Gasteiger partial charge on any atom is -0.340 e. The summed E-state index contributed by atoms with van der Waals surface area (Å²) in [6, 6.07) is 1.92. The quantitative estimate of drug-likeness (QED) is 0.793. The number of amides is 1. The molecule has 2 saturated heterocycles. The lowest BCUT2D eigenvalue weighted by atomic mass is 9.97. The van der Waals surface area contributed by atoms with Crippen molar-refractivity contribution < 1.29 is 4.79 Å². The van der Waals surface area contributed by atoms with Gasteiger partial charge in [0.15, 0.2) is 0 Å². The van der Waals surface area contributed by atoms with Crippen molar-refractivity contribution in [1.29, 1.82) is 0 Å². The van der Waals surface area contributed by atoms with Gasteiger partial charge in [-0.3, -0.25) is 14.4 Å². The molecular formula is C19H29N7O. The molecule has 2 aliphatic rings. The molecule has 1 amide bonds. The molecule has 0 radical (unpaired) electrons. The number of aromatic nitrogens is 5. The van der Waals surface area contributed by atoms with Gasteiger partial charge in [-0.1, -0.05) is 0 Å². The van der Waals surface area contributed by atoms with Crippen molar-refractivity contribution in [3.05, 3.63) is 29.6 Å². The Hall–Kier alpha value is -2.22. The first-order chi connectivity index (χ1) is 13.1. The SMILES string of the molecule is Cc1ccnn1CC(=O)N1CCC[C@H](c2nnc(CN3CCCC3)n2C)C1. The molecule has 2 fully saturated rings. The van der Waals surface area contributed by atoms with Crippen molar-refractivity contribution >= 4 is 5.91 Å². The highest BCUT2D eigenvalue weighted by Gasteiger charge is 2.29. The zero-order valence-electron chi connectivity index (χ0n) is 16.3. The van der Waals surface area contributed by atoms with Gasteiger partial charge in [-0.05, 0) is 51.8 Å². The number of rotatable bonds is 5. The van der Waals surface area contributed by atoms with Gasteiger partial charge < -0.3 is 9.47 Å². The van der Waals surface area contributed by atoms with E-state index in [2.05, 4.69) is 31.8 Å². The van der Waals surface area contributed by atoms with E-state index >= 15 is 0 Å². The van der Waals surface area contributed by atoms with Gasteiger partial charge in [-0.2, -0.15) is 5.10 Å². The Kier molecular flexibility index (Phi) is 5.24. The molecule has 0 aromatic carbocycles. The average molecular weight is 371 g/mol. The second kappa shape index (κ2) is 7.80. The second-order valence-electron chi connectivity index (χ2n) is 7.83. The standard InChI is InChI=1S/C19H29N7O/c1-15-7-8-20-26(15)14-18(27)25-11-5-6-16(12-25)19-22-21-17(23(19)2)13-24-9-3-4-10-24/h7-8,16H,3-6,9-14H2,1-2H3/t16-/m0/s1. The Morgan fingerprint density at radius 1 is 1.19 bits per heavy atom. The summed E-state index contributed by atoms with van der Waals surface area (Å²) in [5, 5.41) is 13.2. The third-order valence-corrected chi connectivity index (χ3v) is 5.92. The van der Waals surface area contributed by atoms with Crippen LogP contribution < -0.4 is 0 Å². The molecular weight excluding hydrogens is 342 g/mol. The van der Waals surface area contributed by atoms with Gasteiger partial charge in [0.25, 0.3) is 0 Å². The first-order valence-electron chi connectivity index (χ1n) is 9.98. The molecule has 0 N–H and O–H groups in total. The first kappa shape index (κ1) is 18.2. The predicted octanol–water partition coefficient (Wildman–Crippen LogP) is 1.32. The van der Waals surface area contributed by atoms with Gasteiger partial charge in [0.05, 0.1) is 6.54 Å². The van der Waals surface area contributed by atoms with E-state index in [0.717, 1.165) is 62.9 Å². The van der Waals surface area contributed by atoms with Gasteiger partial charge in [-0.15, -0.1) is 10.2 Å². The number of hydrogen-bond donors (Lipinski definition) is 0. The molecule has 4 rings (SSSR count). The molecule has 0 unspecified atom stereocenters. The third kappa shape index (κ3) is 3.90. The fourth-order valence-corrected chi connectivity index (χ4v) is 4.22. The van der Waals surface area contributed by atoms with Crippen LogP contribution in [0.25, 0.3) is 0 Å². The molecule has 8 heteroatoms. The number of hydrogen-bond acceptors (Lipinski definition) is 5. The number of piperidine rings is 1. The summed E-state index contributed by atoms with van der Waals surface area (Å²) in [6.45, 7) is 6.99. The molecule has 8 nitrogen and oxygen atoms in total. The third-order valence-electron chi connectivity index (χ3n) is 5.92. The lowest BCUT2D eigenvalue weighted by molar-refractivity contribution is -0.133. The van der Waals surface area contributed by atoms with Crippen LogP contribution in [0.1, 0.15) is 48.9 Å². The monoisotopic (exact) mass is 371 g/mol. The maximum atomic E-state index is 12.7. The second-order valence-corrected chi connectivity index (χ2v) is 7.83. The van der Waals surface area contributed by atoms with E-state index in [1.54, 1.807) is 10.9 Å². The predicted molar refractivity (Wildman–Crippen MR) is 101 cm³/mol. The molecule has 0 bridgehead atoms. The zero-order valence-corrected chi connectivity index (χ0v) is 16.3. The van der Waals surface area contributed by atoms with Crippen molar-refractivity contribution in [2.75, 3.05) is 26.2 Å². The molecule has 2 aromatic rings. The van der Waals surface area contributed by atoms with Gasteiger partial charge in [0.1, 0.15) is 18.2 Å². The topological polar surface area (TPSA) is 72.1 Å². The van der Waals surface area contributed by atoms with Crippen LogP contribution in [-0.4, -0.2) is 66.4 Å². The molecule has 4 heterocycles. The van der Waals surface area contributed by atoms with Crippen molar-refractivity contribution in [1.82, 2.24) is 34.3 Å². The van der Waals surface area contributed by atoms with Crippen LogP contribution >= 0.6 is 0 Å². The maximum Gasteiger partial charge on any atom is 0.244 e. The van der Waals surface area contributed by atoms with E-state index in [1.165, 1.54) is 12.8 Å². The van der Waals surface area contributed by atoms with Crippen LogP contribution in [0.5, 0.6) is 0 Å². The van der Waals surface area contributed by atoms with E-state index in [0.29, 0.717) is 6.54 Å². The molecule has 2 aromatic heterocycles. The van der Waals surface area contributed by atoms with Crippen molar-refractivity contribution in [3.8, 4) is 0 Å². The van der Waals surface area contributed by atoms with Crippen molar-refractivity contribution in [2.24, 2.45) is 7.05 Å². The van der Waals surface area contributed by atoms with E-state index in [9.17, 15) is 4.79 Å². The van der Waals surface area contributed by atoms with Crippen molar-refractivity contribution in [3.63, 3.8) is 0 Å². The van der Waals surface area contributed by atoms with E-state index < -0.39 is 0 Å². The van der Waals surface area contributed by atoms with Gasteiger partial charge in [0, 0.05) is 37.9 Å². The molecule has 2 aliphatic heterocycles. The smallest absolute Gasteiger partial charge is 0.244 e. The van der Waals surface area contributed by atoms with Gasteiger partial charge >= 0.3 is 0 Å². The summed E-state index contributed by atoms with van der Waals surface area (Å²) in [5.74, 6) is 2.43. The minimum absolute atomic E-state index is 0.131. The molecule has 27 heavy (non-hydrogen) atoms. The Bertz CT molecular complexity index is 790. The van der Waals surface area contributed by atoms with Crippen LogP contribution in [0.2, 0.25) is 0 Å². The first-order valence-corrected chi connectivity index (χ1v) is 9.98. The number of carbonyl (C=O) groups is 1. The van der Waals surface area contributed by atoms with Crippen LogP contribution in [0.3, 0.4) is 0 Å². The van der Waals surface area contributed by atoms with E-state index in [-0.39, 0.29) is 11.8 Å². The molecule has 1 atom stereocenters. The van der Waals surface area contributed by atoms with Crippen LogP contribution in [0, 0.1) is 6.92 Å². The number of carbonyl (C=O) groups excluding carboxylic acids is 1. The van der Waals surface area contributed by atoms with Gasteiger partial charge in [0.2, 0.25) is 5.91 Å². The number of likely N-dealkylation sites (tertiary alicyclic amines) is 2. The Morgan fingerprint density at radius 3 is 2.74 bits per heavy atom. The highest BCUT2D eigenvalue weighted by molar-refractivity contribution is 5.76. The van der Waals surface area contributed by atoms with E-state index in [4.69, 9.17) is 0 Å². The van der Waals surface area contributed by atoms with Crippen LogP contribution in [-0.2, 0) is 24.9 Å². The van der Waals surface area contributed by atoms with Crippen molar-refractivity contribution in [2.45, 2.75) is 51.6 Å². The fourth-order valence-electron chi connectivity index (χ4n) is 4.22. The fraction of sp³-hybridized carbons (Fsp3) is 0.684. The summed E-state index contributed by atoms with van der Waals surface area (Å²) in [6.07, 6.45) is 6.35.